The molecule has 1 saturated heterocycles. The predicted molar refractivity (Wildman–Crippen MR) is 89.4 cm³/mol. The molecule has 0 aromatic heterocycles. The zero-order chi connectivity index (χ0) is 16.5. The third-order valence-corrected chi connectivity index (χ3v) is 4.40. The van der Waals surface area contributed by atoms with Crippen LogP contribution < -0.4 is 0 Å². The molecule has 0 spiro atoms. The molecule has 1 fully saturated rings. The highest BCUT2D eigenvalue weighted by Gasteiger charge is 2.27. The molecule has 1 amide bonds. The summed E-state index contributed by atoms with van der Waals surface area (Å²) in [5.41, 5.74) is 1.13. The third kappa shape index (κ3) is 5.81. The number of aliphatic hydroxyl groups is 1. The molecule has 0 bridgehead atoms. The molecule has 1 N–H and O–H groups in total. The van der Waals surface area contributed by atoms with Gasteiger partial charge in [0.2, 0.25) is 5.91 Å². The summed E-state index contributed by atoms with van der Waals surface area (Å²) in [4.78, 5) is 14.0. The molecular weight excluding hydrogens is 290 g/mol. The number of hydrogen-bond acceptors (Lipinski definition) is 2. The Morgan fingerprint density at radius 2 is 2.04 bits per heavy atom. The van der Waals surface area contributed by atoms with Crippen molar-refractivity contribution >= 4 is 5.91 Å². The van der Waals surface area contributed by atoms with E-state index in [1.54, 1.807) is 12.2 Å². The molecule has 1 aromatic carbocycles. The average molecular weight is 316 g/mol. The zero-order valence-electron chi connectivity index (χ0n) is 13.6. The van der Waals surface area contributed by atoms with Gasteiger partial charge in [0.15, 0.2) is 0 Å². The maximum Gasteiger partial charge on any atom is 0.223 e. The zero-order valence-corrected chi connectivity index (χ0v) is 13.6. The van der Waals surface area contributed by atoms with E-state index in [-0.39, 0.29) is 24.7 Å². The highest BCUT2D eigenvalue weighted by atomic mass is 16.3. The number of aliphatic hydroxyl groups excluding tert-OH is 1. The van der Waals surface area contributed by atoms with Gasteiger partial charge in [-0.3, -0.25) is 4.79 Å². The van der Waals surface area contributed by atoms with Gasteiger partial charge in [-0.2, -0.15) is 0 Å². The van der Waals surface area contributed by atoms with Crippen LogP contribution in [0, 0.1) is 0 Å². The average Bonchev–Trinajstić information content (AvgIpc) is 2.56. The van der Waals surface area contributed by atoms with E-state index in [2.05, 4.69) is 0 Å². The fourth-order valence-electron chi connectivity index (χ4n) is 3.17. The van der Waals surface area contributed by atoms with Gasteiger partial charge in [0.05, 0.1) is 6.10 Å². The number of rotatable bonds is 8. The Labute approximate surface area is 138 Å². The van der Waals surface area contributed by atoms with Crippen molar-refractivity contribution in [1.29, 1.82) is 0 Å². The Morgan fingerprint density at radius 1 is 1.26 bits per heavy atom. The Balaban J connectivity index is 1.83. The number of hydrogen-bond donors (Lipinski definition) is 1. The molecule has 1 aromatic rings. The second-order valence-electron chi connectivity index (χ2n) is 6.15. The lowest BCUT2D eigenvalue weighted by atomic mass is 9.94. The van der Waals surface area contributed by atoms with E-state index < -0.39 is 0 Å². The molecular formula is C19H26NO3. The summed E-state index contributed by atoms with van der Waals surface area (Å²) in [6, 6.07) is 10.1. The molecule has 2 rings (SSSR count). The first kappa shape index (κ1) is 17.7. The van der Waals surface area contributed by atoms with Crippen LogP contribution in [0.2, 0.25) is 0 Å². The second kappa shape index (κ2) is 9.48. The van der Waals surface area contributed by atoms with Crippen molar-refractivity contribution in [1.82, 2.24) is 4.90 Å². The highest BCUT2D eigenvalue weighted by Crippen LogP contribution is 2.23. The van der Waals surface area contributed by atoms with Crippen molar-refractivity contribution in [2.24, 2.45) is 0 Å². The van der Waals surface area contributed by atoms with Gasteiger partial charge in [0.1, 0.15) is 6.61 Å². The summed E-state index contributed by atoms with van der Waals surface area (Å²) in [6.07, 6.45) is 7.60. The Bertz CT molecular complexity index is 501. The van der Waals surface area contributed by atoms with E-state index in [0.717, 1.165) is 24.8 Å². The smallest absolute Gasteiger partial charge is 0.223 e. The fourth-order valence-corrected chi connectivity index (χ4v) is 3.17. The van der Waals surface area contributed by atoms with Crippen molar-refractivity contribution in [3.63, 3.8) is 0 Å². The normalized spacial score (nSPS) is 20.2. The van der Waals surface area contributed by atoms with Crippen LogP contribution in [-0.2, 0) is 16.3 Å². The second-order valence-corrected chi connectivity index (χ2v) is 6.15. The summed E-state index contributed by atoms with van der Waals surface area (Å²) in [5.74, 6) is 0.161. The van der Waals surface area contributed by atoms with Gasteiger partial charge in [0.25, 0.3) is 0 Å². The summed E-state index contributed by atoms with van der Waals surface area (Å²) in [7, 11) is 0. The fraction of sp³-hybridized carbons (Fsp3) is 0.526. The van der Waals surface area contributed by atoms with Crippen LogP contribution in [-0.4, -0.2) is 41.2 Å². The van der Waals surface area contributed by atoms with Crippen molar-refractivity contribution < 1.29 is 15.0 Å². The van der Waals surface area contributed by atoms with Gasteiger partial charge < -0.3 is 10.0 Å². The third-order valence-electron chi connectivity index (χ3n) is 4.40. The molecule has 4 nitrogen and oxygen atoms in total. The van der Waals surface area contributed by atoms with Crippen molar-refractivity contribution in [2.45, 2.75) is 50.7 Å². The number of likely N-dealkylation sites (tertiary alicyclic amines) is 1. The first-order chi connectivity index (χ1) is 11.2. The SMILES string of the molecule is [O]C/C=C\CN1C(=O)CCCC1CC[C@@H](O)Cc1ccccc1. The number of benzene rings is 1. The maximum atomic E-state index is 12.1. The molecule has 1 unspecified atom stereocenters. The van der Waals surface area contributed by atoms with Crippen LogP contribution in [0.4, 0.5) is 0 Å². The minimum Gasteiger partial charge on any atom is -0.393 e. The van der Waals surface area contributed by atoms with Gasteiger partial charge in [-0.1, -0.05) is 42.5 Å². The van der Waals surface area contributed by atoms with E-state index >= 15 is 0 Å². The maximum absolute atomic E-state index is 12.1. The molecule has 4 heteroatoms. The van der Waals surface area contributed by atoms with Crippen molar-refractivity contribution in [2.75, 3.05) is 13.2 Å². The lowest BCUT2D eigenvalue weighted by molar-refractivity contribution is -0.136. The highest BCUT2D eigenvalue weighted by molar-refractivity contribution is 5.77. The minimum absolute atomic E-state index is 0.161. The number of amides is 1. The quantitative estimate of drug-likeness (QED) is 0.750. The molecule has 1 aliphatic rings. The Hall–Kier alpha value is -1.65. The predicted octanol–water partition coefficient (Wildman–Crippen LogP) is 2.74. The largest absolute Gasteiger partial charge is 0.393 e. The molecule has 23 heavy (non-hydrogen) atoms. The van der Waals surface area contributed by atoms with Crippen LogP contribution in [0.1, 0.15) is 37.7 Å². The molecule has 1 aliphatic heterocycles. The molecule has 1 radical (unpaired) electrons. The van der Waals surface area contributed by atoms with E-state index in [0.29, 0.717) is 25.8 Å². The van der Waals surface area contributed by atoms with Gasteiger partial charge in [-0.15, -0.1) is 0 Å². The lowest BCUT2D eigenvalue weighted by Gasteiger charge is -2.35. The Kier molecular flexibility index (Phi) is 7.30. The van der Waals surface area contributed by atoms with Crippen LogP contribution in [0.15, 0.2) is 42.5 Å². The van der Waals surface area contributed by atoms with Crippen LogP contribution in [0.25, 0.3) is 0 Å². The lowest BCUT2D eigenvalue weighted by Crippen LogP contribution is -2.44. The van der Waals surface area contributed by atoms with E-state index in [1.807, 2.05) is 35.2 Å². The van der Waals surface area contributed by atoms with Gasteiger partial charge >= 0.3 is 0 Å². The van der Waals surface area contributed by atoms with Crippen molar-refractivity contribution in [3.8, 4) is 0 Å². The van der Waals surface area contributed by atoms with Crippen LogP contribution in [0.3, 0.4) is 0 Å². The summed E-state index contributed by atoms with van der Waals surface area (Å²) < 4.78 is 0. The van der Waals surface area contributed by atoms with Gasteiger partial charge in [-0.05, 0) is 37.7 Å². The van der Waals surface area contributed by atoms with Gasteiger partial charge in [0, 0.05) is 19.0 Å². The van der Waals surface area contributed by atoms with E-state index in [9.17, 15) is 15.0 Å². The number of nitrogens with zero attached hydrogens (tertiary/aromatic N) is 1. The summed E-state index contributed by atoms with van der Waals surface area (Å²) >= 11 is 0. The van der Waals surface area contributed by atoms with E-state index in [4.69, 9.17) is 0 Å². The molecule has 0 aliphatic carbocycles. The van der Waals surface area contributed by atoms with E-state index in [1.165, 1.54) is 0 Å². The Morgan fingerprint density at radius 3 is 2.78 bits per heavy atom. The monoisotopic (exact) mass is 316 g/mol. The number of carbonyl (C=O) groups excluding carboxylic acids is 1. The summed E-state index contributed by atoms with van der Waals surface area (Å²) in [6.45, 7) is 0.267. The number of carbonyl (C=O) groups is 1. The molecule has 125 valence electrons. The molecule has 0 saturated carbocycles. The van der Waals surface area contributed by atoms with Crippen LogP contribution in [0.5, 0.6) is 0 Å². The minimum atomic E-state index is -0.381. The summed E-state index contributed by atoms with van der Waals surface area (Å²) in [5, 5.41) is 20.7. The molecule has 1 heterocycles. The van der Waals surface area contributed by atoms with Crippen LogP contribution >= 0.6 is 0 Å². The van der Waals surface area contributed by atoms with Gasteiger partial charge in [-0.25, -0.2) is 5.11 Å². The first-order valence-electron chi connectivity index (χ1n) is 8.45. The number of piperidine rings is 1. The first-order valence-corrected chi connectivity index (χ1v) is 8.45. The molecule has 2 atom stereocenters. The van der Waals surface area contributed by atoms with Crippen molar-refractivity contribution in [3.05, 3.63) is 48.0 Å². The standard InChI is InChI=1S/C19H26NO3/c21-14-5-4-13-20-17(9-6-10-19(20)23)11-12-18(22)15-16-7-2-1-3-8-16/h1-5,7-8,17-18,22H,6,9-15H2/b5-4-/t17?,18-/m1/s1. The topological polar surface area (TPSA) is 60.4 Å².